The van der Waals surface area contributed by atoms with Crippen molar-refractivity contribution in [3.8, 4) is 0 Å². The van der Waals surface area contributed by atoms with Gasteiger partial charge in [-0.25, -0.2) is 0 Å². The SMILES string of the molecule is C[N+](C)=NNc1nc[nH]c1C(N)=O. The summed E-state index contributed by atoms with van der Waals surface area (Å²) in [5.74, 6) is -0.254. The number of carbonyl (C=O) groups is 1. The summed E-state index contributed by atoms with van der Waals surface area (Å²) in [5, 5.41) is 3.80. The van der Waals surface area contributed by atoms with Crippen LogP contribution in [0.1, 0.15) is 10.5 Å². The molecule has 0 fully saturated rings. The lowest BCUT2D eigenvalue weighted by Crippen LogP contribution is -2.13. The van der Waals surface area contributed by atoms with Crippen molar-refractivity contribution in [1.29, 1.82) is 0 Å². The second kappa shape index (κ2) is 3.65. The lowest BCUT2D eigenvalue weighted by Gasteiger charge is -1.90. The third-order valence-electron chi connectivity index (χ3n) is 1.24. The smallest absolute Gasteiger partial charge is 0.271 e. The van der Waals surface area contributed by atoms with E-state index >= 15 is 0 Å². The molecule has 0 aliphatic rings. The third-order valence-corrected chi connectivity index (χ3v) is 1.24. The van der Waals surface area contributed by atoms with E-state index in [0.29, 0.717) is 5.82 Å². The van der Waals surface area contributed by atoms with E-state index in [1.54, 1.807) is 18.8 Å². The van der Waals surface area contributed by atoms with Gasteiger partial charge in [0.1, 0.15) is 0 Å². The molecule has 1 amide bonds. The van der Waals surface area contributed by atoms with Crippen molar-refractivity contribution in [3.05, 3.63) is 12.0 Å². The van der Waals surface area contributed by atoms with Crippen molar-refractivity contribution in [2.24, 2.45) is 11.0 Å². The van der Waals surface area contributed by atoms with Crippen molar-refractivity contribution in [1.82, 2.24) is 9.97 Å². The van der Waals surface area contributed by atoms with Crippen LogP contribution in [-0.2, 0) is 0 Å². The molecule has 0 atom stereocenters. The number of hydrogen-bond donors (Lipinski definition) is 3. The normalized spacial score (nSPS) is 9.38. The first-order valence-corrected chi connectivity index (χ1v) is 3.58. The minimum absolute atomic E-state index is 0.214. The molecule has 0 aromatic carbocycles. The molecule has 0 bridgehead atoms. The van der Waals surface area contributed by atoms with E-state index in [1.807, 2.05) is 0 Å². The van der Waals surface area contributed by atoms with Crippen molar-refractivity contribution >= 4 is 11.7 Å². The minimum Gasteiger partial charge on any atom is -0.364 e. The quantitative estimate of drug-likeness (QED) is 0.336. The molecule has 1 heterocycles. The number of aromatic amines is 1. The molecular formula is C6H11N6O+. The van der Waals surface area contributed by atoms with E-state index in [9.17, 15) is 4.79 Å². The molecule has 0 saturated heterocycles. The Labute approximate surface area is 74.6 Å². The van der Waals surface area contributed by atoms with Crippen LogP contribution in [0.25, 0.3) is 0 Å². The predicted octanol–water partition coefficient (Wildman–Crippen LogP) is -0.440. The molecule has 7 heteroatoms. The highest BCUT2D eigenvalue weighted by molar-refractivity contribution is 5.95. The summed E-state index contributed by atoms with van der Waals surface area (Å²) < 4.78 is 1.54. The summed E-state index contributed by atoms with van der Waals surface area (Å²) in [7, 11) is 3.48. The fraction of sp³-hybridized carbons (Fsp3) is 0.333. The fourth-order valence-electron chi connectivity index (χ4n) is 0.714. The van der Waals surface area contributed by atoms with Gasteiger partial charge >= 0.3 is 0 Å². The highest BCUT2D eigenvalue weighted by atomic mass is 16.1. The maximum Gasteiger partial charge on any atom is 0.271 e. The average Bonchev–Trinajstić information content (AvgIpc) is 2.47. The highest BCUT2D eigenvalue weighted by Crippen LogP contribution is 2.07. The first kappa shape index (κ1) is 9.17. The van der Waals surface area contributed by atoms with Gasteiger partial charge < -0.3 is 10.7 Å². The monoisotopic (exact) mass is 183 g/mol. The fourth-order valence-corrected chi connectivity index (χ4v) is 0.714. The molecule has 1 rings (SSSR count). The van der Waals surface area contributed by atoms with Gasteiger partial charge in [0.15, 0.2) is 5.69 Å². The van der Waals surface area contributed by atoms with Crippen molar-refractivity contribution in [2.45, 2.75) is 0 Å². The summed E-state index contributed by atoms with van der Waals surface area (Å²) >= 11 is 0. The summed E-state index contributed by atoms with van der Waals surface area (Å²) in [6, 6.07) is 0. The third kappa shape index (κ3) is 2.26. The Balaban J connectivity index is 2.83. The van der Waals surface area contributed by atoms with Gasteiger partial charge in [-0.05, 0) is 0 Å². The Morgan fingerprint density at radius 2 is 2.46 bits per heavy atom. The molecule has 0 spiro atoms. The van der Waals surface area contributed by atoms with Crippen LogP contribution < -0.4 is 11.2 Å². The number of nitrogens with two attached hydrogens (primary N) is 1. The summed E-state index contributed by atoms with van der Waals surface area (Å²) in [5.41, 5.74) is 7.86. The second-order valence-electron chi connectivity index (χ2n) is 2.55. The Hall–Kier alpha value is -1.92. The number of nitrogens with zero attached hydrogens (tertiary/aromatic N) is 3. The zero-order chi connectivity index (χ0) is 9.84. The Morgan fingerprint density at radius 1 is 1.77 bits per heavy atom. The molecular weight excluding hydrogens is 172 g/mol. The second-order valence-corrected chi connectivity index (χ2v) is 2.55. The van der Waals surface area contributed by atoms with Crippen molar-refractivity contribution in [3.63, 3.8) is 0 Å². The molecule has 0 radical (unpaired) electrons. The maximum atomic E-state index is 10.8. The summed E-state index contributed by atoms with van der Waals surface area (Å²) in [4.78, 5) is 17.2. The topological polar surface area (TPSA) is 99.2 Å². The summed E-state index contributed by atoms with van der Waals surface area (Å²) in [6.45, 7) is 0. The van der Waals surface area contributed by atoms with E-state index in [4.69, 9.17) is 5.73 Å². The van der Waals surface area contributed by atoms with Gasteiger partial charge in [-0.1, -0.05) is 0 Å². The lowest BCUT2D eigenvalue weighted by atomic mass is 10.4. The molecule has 4 N–H and O–H groups in total. The predicted molar refractivity (Wildman–Crippen MR) is 45.3 cm³/mol. The molecule has 0 saturated carbocycles. The van der Waals surface area contributed by atoms with E-state index in [-0.39, 0.29) is 5.69 Å². The number of nitrogens with one attached hydrogen (secondary N) is 2. The van der Waals surface area contributed by atoms with Crippen LogP contribution in [0.5, 0.6) is 0 Å². The van der Waals surface area contributed by atoms with Gasteiger partial charge in [-0.2, -0.15) is 9.68 Å². The van der Waals surface area contributed by atoms with Gasteiger partial charge in [0.2, 0.25) is 0 Å². The number of imidazole rings is 1. The van der Waals surface area contributed by atoms with E-state index in [2.05, 4.69) is 20.6 Å². The van der Waals surface area contributed by atoms with Crippen LogP contribution in [0.4, 0.5) is 5.82 Å². The van der Waals surface area contributed by atoms with E-state index in [0.717, 1.165) is 0 Å². The Morgan fingerprint density at radius 3 is 3.00 bits per heavy atom. The molecule has 13 heavy (non-hydrogen) atoms. The number of anilines is 1. The van der Waals surface area contributed by atoms with Gasteiger partial charge in [0.25, 0.3) is 11.7 Å². The number of H-pyrrole nitrogens is 1. The first-order valence-electron chi connectivity index (χ1n) is 3.58. The highest BCUT2D eigenvalue weighted by Gasteiger charge is 2.13. The molecule has 1 aromatic heterocycles. The minimum atomic E-state index is -0.575. The van der Waals surface area contributed by atoms with Crippen molar-refractivity contribution in [2.75, 3.05) is 19.5 Å². The summed E-state index contributed by atoms with van der Waals surface area (Å²) in [6.07, 6.45) is 1.37. The molecule has 1 aromatic rings. The van der Waals surface area contributed by atoms with Crippen LogP contribution in [-0.4, -0.2) is 34.7 Å². The average molecular weight is 183 g/mol. The van der Waals surface area contributed by atoms with Crippen molar-refractivity contribution < 1.29 is 9.49 Å². The van der Waals surface area contributed by atoms with Crippen LogP contribution in [0.3, 0.4) is 0 Å². The number of aromatic nitrogens is 2. The Kier molecular flexibility index (Phi) is 2.58. The first-order chi connectivity index (χ1) is 6.11. The largest absolute Gasteiger partial charge is 0.364 e. The van der Waals surface area contributed by atoms with Crippen LogP contribution in [0.15, 0.2) is 11.6 Å². The maximum absolute atomic E-state index is 10.8. The molecule has 70 valence electrons. The number of rotatable bonds is 3. The zero-order valence-electron chi connectivity index (χ0n) is 7.40. The lowest BCUT2D eigenvalue weighted by molar-refractivity contribution is -0.535. The van der Waals surface area contributed by atoms with Gasteiger partial charge in [0, 0.05) is 0 Å². The van der Waals surface area contributed by atoms with Crippen LogP contribution in [0, 0.1) is 0 Å². The van der Waals surface area contributed by atoms with Gasteiger partial charge in [-0.3, -0.25) is 4.79 Å². The number of amides is 1. The number of carbonyl (C=O) groups excluding carboxylic acids is 1. The molecule has 0 unspecified atom stereocenters. The number of primary amides is 1. The van der Waals surface area contributed by atoms with E-state index < -0.39 is 5.91 Å². The Bertz CT molecular complexity index is 337. The zero-order valence-corrected chi connectivity index (χ0v) is 7.40. The van der Waals surface area contributed by atoms with Gasteiger partial charge in [-0.15, -0.1) is 5.43 Å². The standard InChI is InChI=1S/C6H10N6O/c1-12(2)11-10-6-4(5(7)13)8-3-9-6/h3H,1-2H3,(H3,7,8,9,11,13)/p+1. The van der Waals surface area contributed by atoms with Crippen LogP contribution in [0.2, 0.25) is 0 Å². The van der Waals surface area contributed by atoms with Crippen LogP contribution >= 0.6 is 0 Å². The van der Waals surface area contributed by atoms with Gasteiger partial charge in [0.05, 0.1) is 25.6 Å². The molecule has 7 nitrogen and oxygen atoms in total. The van der Waals surface area contributed by atoms with E-state index in [1.165, 1.54) is 6.33 Å². The molecule has 0 aliphatic heterocycles. The molecule has 0 aliphatic carbocycles. The number of hydrogen-bond acceptors (Lipinski definition) is 3.